The highest BCUT2D eigenvalue weighted by atomic mass is 15.2. The molecule has 1 aromatic heterocycles. The summed E-state index contributed by atoms with van der Waals surface area (Å²) >= 11 is 0. The zero-order valence-electron chi connectivity index (χ0n) is 8.75. The van der Waals surface area contributed by atoms with E-state index in [1.807, 2.05) is 13.2 Å². The Hall–Kier alpha value is -0.990. The van der Waals surface area contributed by atoms with E-state index >= 15 is 0 Å². The fourth-order valence-electron chi connectivity index (χ4n) is 1.67. The van der Waals surface area contributed by atoms with Crippen molar-refractivity contribution >= 4 is 5.95 Å². The maximum atomic E-state index is 4.24. The van der Waals surface area contributed by atoms with Crippen LogP contribution in [0.5, 0.6) is 0 Å². The molecule has 0 aliphatic carbocycles. The van der Waals surface area contributed by atoms with Gasteiger partial charge in [0.05, 0.1) is 0 Å². The fourth-order valence-corrected chi connectivity index (χ4v) is 1.67. The molecule has 0 aromatic carbocycles. The molecule has 0 radical (unpaired) electrons. The predicted molar refractivity (Wildman–Crippen MR) is 56.0 cm³/mol. The third kappa shape index (κ3) is 2.23. The molecule has 0 saturated heterocycles. The molecule has 0 aliphatic rings. The van der Waals surface area contributed by atoms with Crippen molar-refractivity contribution in [3.63, 3.8) is 0 Å². The summed E-state index contributed by atoms with van der Waals surface area (Å²) in [5.41, 5.74) is 0. The molecule has 0 aliphatic heterocycles. The van der Waals surface area contributed by atoms with Crippen molar-refractivity contribution in [2.24, 2.45) is 0 Å². The van der Waals surface area contributed by atoms with E-state index in [2.05, 4.69) is 34.9 Å². The van der Waals surface area contributed by atoms with Crippen LogP contribution in [0.25, 0.3) is 0 Å². The lowest BCUT2D eigenvalue weighted by atomic mass is 10.1. The lowest BCUT2D eigenvalue weighted by Gasteiger charge is -2.17. The lowest BCUT2D eigenvalue weighted by Crippen LogP contribution is -2.10. The first kappa shape index (κ1) is 10.1. The minimum Gasteiger partial charge on any atom is -0.359 e. The molecule has 3 heteroatoms. The van der Waals surface area contributed by atoms with Crippen LogP contribution in [0.15, 0.2) is 12.4 Å². The van der Waals surface area contributed by atoms with Gasteiger partial charge in [-0.05, 0) is 12.8 Å². The summed E-state index contributed by atoms with van der Waals surface area (Å²) in [6.07, 6.45) is 7.51. The Morgan fingerprint density at radius 2 is 2.31 bits per heavy atom. The Labute approximate surface area is 80.2 Å². The third-order valence-electron chi connectivity index (χ3n) is 2.38. The number of aromatic nitrogens is 2. The zero-order chi connectivity index (χ0) is 9.68. The lowest BCUT2D eigenvalue weighted by molar-refractivity contribution is 0.452. The zero-order valence-corrected chi connectivity index (χ0v) is 8.75. The van der Waals surface area contributed by atoms with Crippen molar-refractivity contribution < 1.29 is 0 Å². The molecule has 0 fully saturated rings. The van der Waals surface area contributed by atoms with Gasteiger partial charge in [-0.25, -0.2) is 4.98 Å². The number of anilines is 1. The molecule has 1 unspecified atom stereocenters. The minimum atomic E-state index is 0.593. The Bertz CT molecular complexity index is 242. The average Bonchev–Trinajstić information content (AvgIpc) is 2.61. The van der Waals surface area contributed by atoms with Crippen LogP contribution in [0.2, 0.25) is 0 Å². The van der Waals surface area contributed by atoms with Gasteiger partial charge in [0.15, 0.2) is 0 Å². The fraction of sp³-hybridized carbons (Fsp3) is 0.700. The van der Waals surface area contributed by atoms with Crippen LogP contribution in [0, 0.1) is 0 Å². The molecule has 1 aromatic rings. The number of imidazole rings is 1. The average molecular weight is 181 g/mol. The number of rotatable bonds is 5. The van der Waals surface area contributed by atoms with E-state index in [1.165, 1.54) is 19.3 Å². The molecule has 13 heavy (non-hydrogen) atoms. The van der Waals surface area contributed by atoms with Gasteiger partial charge in [-0.3, -0.25) is 0 Å². The van der Waals surface area contributed by atoms with Crippen molar-refractivity contribution in [3.05, 3.63) is 12.4 Å². The molecule has 3 nitrogen and oxygen atoms in total. The van der Waals surface area contributed by atoms with Crippen LogP contribution in [0.3, 0.4) is 0 Å². The highest BCUT2D eigenvalue weighted by Crippen LogP contribution is 2.21. The quantitative estimate of drug-likeness (QED) is 0.756. The number of hydrogen-bond acceptors (Lipinski definition) is 2. The van der Waals surface area contributed by atoms with Gasteiger partial charge in [-0.15, -0.1) is 0 Å². The summed E-state index contributed by atoms with van der Waals surface area (Å²) in [7, 11) is 1.91. The molecule has 0 amide bonds. The number of hydrogen-bond donors (Lipinski definition) is 1. The van der Waals surface area contributed by atoms with Gasteiger partial charge in [0.2, 0.25) is 5.95 Å². The molecule has 0 spiro atoms. The molecule has 0 saturated carbocycles. The van der Waals surface area contributed by atoms with Gasteiger partial charge < -0.3 is 9.88 Å². The third-order valence-corrected chi connectivity index (χ3v) is 2.38. The molecule has 74 valence electrons. The molecule has 0 bridgehead atoms. The topological polar surface area (TPSA) is 29.9 Å². The summed E-state index contributed by atoms with van der Waals surface area (Å²) in [6, 6.07) is 0.593. The molecule has 1 atom stereocenters. The highest BCUT2D eigenvalue weighted by molar-refractivity contribution is 5.25. The van der Waals surface area contributed by atoms with Crippen LogP contribution in [0.4, 0.5) is 5.95 Å². The molecule has 1 rings (SSSR count). The minimum absolute atomic E-state index is 0.593. The van der Waals surface area contributed by atoms with Crippen molar-refractivity contribution in [2.45, 2.75) is 39.2 Å². The first-order valence-electron chi connectivity index (χ1n) is 5.04. The van der Waals surface area contributed by atoms with Gasteiger partial charge in [-0.1, -0.05) is 20.3 Å². The first-order chi connectivity index (χ1) is 6.33. The molecular formula is C10H19N3. The van der Waals surface area contributed by atoms with Gasteiger partial charge in [0.25, 0.3) is 0 Å². The van der Waals surface area contributed by atoms with E-state index in [4.69, 9.17) is 0 Å². The second-order valence-electron chi connectivity index (χ2n) is 3.26. The van der Waals surface area contributed by atoms with Crippen molar-refractivity contribution in [1.82, 2.24) is 9.55 Å². The SMILES string of the molecule is CCCC(CC)n1ccnc1NC. The van der Waals surface area contributed by atoms with Crippen molar-refractivity contribution in [3.8, 4) is 0 Å². The summed E-state index contributed by atoms with van der Waals surface area (Å²) in [6.45, 7) is 4.44. The van der Waals surface area contributed by atoms with E-state index in [0.29, 0.717) is 6.04 Å². The van der Waals surface area contributed by atoms with Crippen molar-refractivity contribution in [2.75, 3.05) is 12.4 Å². The monoisotopic (exact) mass is 181 g/mol. The Balaban J connectivity index is 2.77. The van der Waals surface area contributed by atoms with Crippen LogP contribution in [-0.4, -0.2) is 16.6 Å². The standard InChI is InChI=1S/C10H19N3/c1-4-6-9(5-2)13-8-7-12-10(13)11-3/h7-9H,4-6H2,1-3H3,(H,11,12). The van der Waals surface area contributed by atoms with E-state index < -0.39 is 0 Å². The summed E-state index contributed by atoms with van der Waals surface area (Å²) in [4.78, 5) is 4.24. The second-order valence-corrected chi connectivity index (χ2v) is 3.26. The van der Waals surface area contributed by atoms with E-state index in [1.54, 1.807) is 0 Å². The summed E-state index contributed by atoms with van der Waals surface area (Å²) < 4.78 is 2.23. The largest absolute Gasteiger partial charge is 0.359 e. The van der Waals surface area contributed by atoms with Crippen LogP contribution in [-0.2, 0) is 0 Å². The predicted octanol–water partition coefficient (Wildman–Crippen LogP) is 2.68. The van der Waals surface area contributed by atoms with Crippen LogP contribution >= 0.6 is 0 Å². The maximum Gasteiger partial charge on any atom is 0.202 e. The summed E-state index contributed by atoms with van der Waals surface area (Å²) in [5.74, 6) is 0.973. The van der Waals surface area contributed by atoms with Gasteiger partial charge >= 0.3 is 0 Å². The van der Waals surface area contributed by atoms with Crippen LogP contribution < -0.4 is 5.32 Å². The van der Waals surface area contributed by atoms with E-state index in [0.717, 1.165) is 5.95 Å². The molecule has 1 N–H and O–H groups in total. The Kier molecular flexibility index (Phi) is 3.80. The van der Waals surface area contributed by atoms with Gasteiger partial charge in [0.1, 0.15) is 0 Å². The summed E-state index contributed by atoms with van der Waals surface area (Å²) in [5, 5.41) is 3.10. The van der Waals surface area contributed by atoms with Crippen LogP contribution in [0.1, 0.15) is 39.2 Å². The molecular weight excluding hydrogens is 162 g/mol. The Morgan fingerprint density at radius 3 is 2.85 bits per heavy atom. The van der Waals surface area contributed by atoms with Gasteiger partial charge in [-0.2, -0.15) is 0 Å². The maximum absolute atomic E-state index is 4.24. The van der Waals surface area contributed by atoms with Crippen molar-refractivity contribution in [1.29, 1.82) is 0 Å². The number of nitrogens with one attached hydrogen (secondary N) is 1. The Morgan fingerprint density at radius 1 is 1.54 bits per heavy atom. The highest BCUT2D eigenvalue weighted by Gasteiger charge is 2.10. The van der Waals surface area contributed by atoms with E-state index in [-0.39, 0.29) is 0 Å². The van der Waals surface area contributed by atoms with Gasteiger partial charge in [0, 0.05) is 25.5 Å². The normalized spacial score (nSPS) is 12.8. The smallest absolute Gasteiger partial charge is 0.202 e. The second kappa shape index (κ2) is 4.90. The molecule has 1 heterocycles. The number of nitrogens with zero attached hydrogens (tertiary/aromatic N) is 2. The van der Waals surface area contributed by atoms with E-state index in [9.17, 15) is 0 Å². The first-order valence-corrected chi connectivity index (χ1v) is 5.04.